The average molecular weight is 228 g/mol. The Balaban J connectivity index is 2.19. The number of carbonyl (C=O) groups excluding carboxylic acids is 1. The summed E-state index contributed by atoms with van der Waals surface area (Å²) in [6.07, 6.45) is 4.93. The van der Waals surface area contributed by atoms with E-state index in [9.17, 15) is 4.79 Å². The fraction of sp³-hybridized carbons (Fsp3) is 0.917. The number of unbranched alkanes of at least 4 members (excludes halogenated alkanes) is 2. The number of nitrogens with zero attached hydrogens (tertiary/aromatic N) is 1. The second-order valence-electron chi connectivity index (χ2n) is 4.34. The van der Waals surface area contributed by atoms with E-state index in [-0.39, 0.29) is 12.0 Å². The third kappa shape index (κ3) is 4.49. The number of ether oxygens (including phenoxy) is 1. The molecule has 1 fully saturated rings. The van der Waals surface area contributed by atoms with Crippen molar-refractivity contribution < 1.29 is 9.53 Å². The number of rotatable bonds is 6. The Labute approximate surface area is 98.1 Å². The zero-order valence-electron chi connectivity index (χ0n) is 10.3. The van der Waals surface area contributed by atoms with Gasteiger partial charge >= 0.3 is 0 Å². The van der Waals surface area contributed by atoms with E-state index >= 15 is 0 Å². The molecule has 1 unspecified atom stereocenters. The van der Waals surface area contributed by atoms with Crippen LogP contribution in [0.4, 0.5) is 0 Å². The minimum absolute atomic E-state index is 0.238. The smallest absolute Gasteiger partial charge is 0.222 e. The van der Waals surface area contributed by atoms with Crippen molar-refractivity contribution in [3.05, 3.63) is 0 Å². The van der Waals surface area contributed by atoms with Gasteiger partial charge in [-0.1, -0.05) is 13.3 Å². The van der Waals surface area contributed by atoms with Gasteiger partial charge < -0.3 is 15.4 Å². The maximum absolute atomic E-state index is 11.9. The van der Waals surface area contributed by atoms with E-state index in [4.69, 9.17) is 10.5 Å². The van der Waals surface area contributed by atoms with E-state index < -0.39 is 0 Å². The molecule has 1 aliphatic rings. The quantitative estimate of drug-likeness (QED) is 0.694. The zero-order valence-corrected chi connectivity index (χ0v) is 10.3. The van der Waals surface area contributed by atoms with Crippen molar-refractivity contribution >= 4 is 5.91 Å². The Kier molecular flexibility index (Phi) is 6.42. The lowest BCUT2D eigenvalue weighted by Gasteiger charge is -2.32. The zero-order chi connectivity index (χ0) is 11.8. The van der Waals surface area contributed by atoms with E-state index in [1.807, 2.05) is 4.90 Å². The number of morpholine rings is 1. The summed E-state index contributed by atoms with van der Waals surface area (Å²) in [6.45, 7) is 5.04. The number of hydrogen-bond acceptors (Lipinski definition) is 3. The maximum atomic E-state index is 11.9. The lowest BCUT2D eigenvalue weighted by Crippen LogP contribution is -2.45. The largest absolute Gasteiger partial charge is 0.375 e. The molecule has 1 saturated heterocycles. The van der Waals surface area contributed by atoms with Gasteiger partial charge in [-0.2, -0.15) is 0 Å². The topological polar surface area (TPSA) is 55.6 Å². The van der Waals surface area contributed by atoms with Gasteiger partial charge in [0.15, 0.2) is 0 Å². The van der Waals surface area contributed by atoms with Gasteiger partial charge in [0.05, 0.1) is 12.7 Å². The van der Waals surface area contributed by atoms with Crippen LogP contribution < -0.4 is 5.73 Å². The third-order valence-electron chi connectivity index (χ3n) is 3.04. The summed E-state index contributed by atoms with van der Waals surface area (Å²) < 4.78 is 5.54. The lowest BCUT2D eigenvalue weighted by molar-refractivity contribution is -0.138. The molecule has 2 N–H and O–H groups in total. The predicted octanol–water partition coefficient (Wildman–Crippen LogP) is 1.14. The van der Waals surface area contributed by atoms with Crippen LogP contribution >= 0.6 is 0 Å². The van der Waals surface area contributed by atoms with Gasteiger partial charge in [0.1, 0.15) is 0 Å². The van der Waals surface area contributed by atoms with Crippen molar-refractivity contribution in [2.75, 3.05) is 26.2 Å². The molecule has 0 radical (unpaired) electrons. The van der Waals surface area contributed by atoms with Crippen molar-refractivity contribution in [1.29, 1.82) is 0 Å². The molecule has 16 heavy (non-hydrogen) atoms. The van der Waals surface area contributed by atoms with E-state index in [0.29, 0.717) is 13.0 Å². The van der Waals surface area contributed by atoms with Crippen LogP contribution in [0.3, 0.4) is 0 Å². The molecule has 1 rings (SSSR count). The summed E-state index contributed by atoms with van der Waals surface area (Å²) in [5, 5.41) is 0. The van der Waals surface area contributed by atoms with Crippen molar-refractivity contribution in [1.82, 2.24) is 4.90 Å². The molecule has 0 aromatic carbocycles. The van der Waals surface area contributed by atoms with Gasteiger partial charge in [0, 0.05) is 19.5 Å². The molecule has 1 heterocycles. The van der Waals surface area contributed by atoms with Crippen molar-refractivity contribution in [2.45, 2.75) is 45.1 Å². The summed E-state index contributed by atoms with van der Waals surface area (Å²) in [6, 6.07) is 0. The first-order valence-electron chi connectivity index (χ1n) is 6.37. The fourth-order valence-electron chi connectivity index (χ4n) is 1.95. The normalized spacial score (nSPS) is 21.1. The van der Waals surface area contributed by atoms with E-state index in [2.05, 4.69) is 6.92 Å². The Bertz CT molecular complexity index is 209. The number of hydrogen-bond donors (Lipinski definition) is 1. The molecule has 94 valence electrons. The van der Waals surface area contributed by atoms with Gasteiger partial charge in [-0.3, -0.25) is 4.79 Å². The molecule has 4 nitrogen and oxygen atoms in total. The number of amides is 1. The monoisotopic (exact) mass is 228 g/mol. The van der Waals surface area contributed by atoms with Gasteiger partial charge in [-0.15, -0.1) is 0 Å². The highest BCUT2D eigenvalue weighted by Crippen LogP contribution is 2.11. The highest BCUT2D eigenvalue weighted by molar-refractivity contribution is 5.76. The Morgan fingerprint density at radius 2 is 2.25 bits per heavy atom. The summed E-state index contributed by atoms with van der Waals surface area (Å²) in [5.41, 5.74) is 5.41. The van der Waals surface area contributed by atoms with Gasteiger partial charge in [0.25, 0.3) is 0 Å². The Morgan fingerprint density at radius 3 is 2.94 bits per heavy atom. The highest BCUT2D eigenvalue weighted by Gasteiger charge is 2.22. The summed E-state index contributed by atoms with van der Waals surface area (Å²) in [5.74, 6) is 0.277. The third-order valence-corrected chi connectivity index (χ3v) is 3.04. The van der Waals surface area contributed by atoms with E-state index in [1.54, 1.807) is 0 Å². The molecular weight excluding hydrogens is 204 g/mol. The van der Waals surface area contributed by atoms with Crippen LogP contribution in [-0.2, 0) is 9.53 Å². The molecule has 0 saturated carbocycles. The van der Waals surface area contributed by atoms with Crippen molar-refractivity contribution in [2.24, 2.45) is 5.73 Å². The summed E-state index contributed by atoms with van der Waals surface area (Å²) >= 11 is 0. The lowest BCUT2D eigenvalue weighted by atomic mass is 10.1. The molecule has 0 aliphatic carbocycles. The van der Waals surface area contributed by atoms with Crippen LogP contribution in [0.1, 0.15) is 39.0 Å². The minimum Gasteiger partial charge on any atom is -0.375 e. The SMILES string of the molecule is CCC1CN(C(=O)CCCCCN)CCO1. The van der Waals surface area contributed by atoms with Gasteiger partial charge in [-0.05, 0) is 25.8 Å². The van der Waals surface area contributed by atoms with Crippen LogP contribution in [0.5, 0.6) is 0 Å². The first kappa shape index (κ1) is 13.5. The Hall–Kier alpha value is -0.610. The molecule has 0 aromatic heterocycles. The van der Waals surface area contributed by atoms with Crippen LogP contribution in [0.15, 0.2) is 0 Å². The molecule has 1 aliphatic heterocycles. The molecule has 1 amide bonds. The average Bonchev–Trinajstić information content (AvgIpc) is 2.34. The molecule has 1 atom stereocenters. The van der Waals surface area contributed by atoms with E-state index in [0.717, 1.165) is 45.3 Å². The van der Waals surface area contributed by atoms with Crippen molar-refractivity contribution in [3.63, 3.8) is 0 Å². The van der Waals surface area contributed by atoms with Gasteiger partial charge in [-0.25, -0.2) is 0 Å². The number of nitrogens with two attached hydrogens (primary N) is 1. The molecule has 0 bridgehead atoms. The Morgan fingerprint density at radius 1 is 1.44 bits per heavy atom. The second-order valence-corrected chi connectivity index (χ2v) is 4.34. The number of carbonyl (C=O) groups is 1. The first-order chi connectivity index (χ1) is 7.77. The molecule has 0 spiro atoms. The predicted molar refractivity (Wildman–Crippen MR) is 64.1 cm³/mol. The van der Waals surface area contributed by atoms with Crippen molar-refractivity contribution in [3.8, 4) is 0 Å². The summed E-state index contributed by atoms with van der Waals surface area (Å²) in [7, 11) is 0. The molecule has 4 heteroatoms. The summed E-state index contributed by atoms with van der Waals surface area (Å²) in [4.78, 5) is 13.8. The van der Waals surface area contributed by atoms with Gasteiger partial charge in [0.2, 0.25) is 5.91 Å². The molecular formula is C12H24N2O2. The first-order valence-corrected chi connectivity index (χ1v) is 6.37. The molecule has 0 aromatic rings. The minimum atomic E-state index is 0.238. The van der Waals surface area contributed by atoms with Crippen LogP contribution in [0, 0.1) is 0 Å². The second kappa shape index (κ2) is 7.63. The standard InChI is InChI=1S/C12H24N2O2/c1-2-11-10-14(8-9-16-11)12(15)6-4-3-5-7-13/h11H,2-10,13H2,1H3. The maximum Gasteiger partial charge on any atom is 0.222 e. The fourth-order valence-corrected chi connectivity index (χ4v) is 1.95. The van der Waals surface area contributed by atoms with E-state index in [1.165, 1.54) is 0 Å². The van der Waals surface area contributed by atoms with Crippen LogP contribution in [0.2, 0.25) is 0 Å². The highest BCUT2D eigenvalue weighted by atomic mass is 16.5. The van der Waals surface area contributed by atoms with Crippen LogP contribution in [0.25, 0.3) is 0 Å². The van der Waals surface area contributed by atoms with Crippen LogP contribution in [-0.4, -0.2) is 43.2 Å².